The van der Waals surface area contributed by atoms with E-state index in [0.29, 0.717) is 11.1 Å². The summed E-state index contributed by atoms with van der Waals surface area (Å²) in [5, 5.41) is 10.7. The van der Waals surface area contributed by atoms with Gasteiger partial charge in [0, 0.05) is 6.92 Å². The molecule has 1 atom stereocenters. The minimum atomic E-state index is -0.889. The van der Waals surface area contributed by atoms with E-state index in [4.69, 9.17) is 20.4 Å². The molecule has 0 aliphatic carbocycles. The van der Waals surface area contributed by atoms with E-state index in [1.165, 1.54) is 6.07 Å². The van der Waals surface area contributed by atoms with E-state index >= 15 is 0 Å². The maximum absolute atomic E-state index is 14.1. The third-order valence-corrected chi connectivity index (χ3v) is 3.82. The van der Waals surface area contributed by atoms with Gasteiger partial charge in [-0.2, -0.15) is 0 Å². The number of aliphatic carboxylic acids is 1. The molecule has 1 aromatic carbocycles. The van der Waals surface area contributed by atoms with Gasteiger partial charge in [0.2, 0.25) is 0 Å². The first kappa shape index (κ1) is 22.1. The average molecular weight is 368 g/mol. The maximum Gasteiger partial charge on any atom is 0.328 e. The van der Waals surface area contributed by atoms with E-state index < -0.39 is 23.6 Å². The Morgan fingerprint density at radius 1 is 1.31 bits per heavy atom. The molecule has 1 aliphatic rings. The lowest BCUT2D eigenvalue weighted by molar-refractivity contribution is -0.156. The predicted octanol–water partition coefficient (Wildman–Crippen LogP) is 2.73. The second-order valence-electron chi connectivity index (χ2n) is 7.34. The van der Waals surface area contributed by atoms with E-state index in [-0.39, 0.29) is 11.7 Å². The van der Waals surface area contributed by atoms with Crippen molar-refractivity contribution in [3.05, 3.63) is 35.1 Å². The largest absolute Gasteiger partial charge is 0.481 e. The summed E-state index contributed by atoms with van der Waals surface area (Å²) in [6.45, 7) is 8.23. The van der Waals surface area contributed by atoms with Gasteiger partial charge in [0.1, 0.15) is 17.5 Å². The van der Waals surface area contributed by atoms with Gasteiger partial charge in [-0.3, -0.25) is 4.79 Å². The van der Waals surface area contributed by atoms with Crippen LogP contribution in [0.2, 0.25) is 0 Å². The van der Waals surface area contributed by atoms with Crippen molar-refractivity contribution in [2.45, 2.75) is 58.1 Å². The summed E-state index contributed by atoms with van der Waals surface area (Å²) in [7, 11) is 0. The Morgan fingerprint density at radius 3 is 2.35 bits per heavy atom. The third kappa shape index (κ3) is 7.49. The fraction of sp³-hybridized carbons (Fsp3) is 0.579. The summed E-state index contributed by atoms with van der Waals surface area (Å²) in [6.07, 6.45) is 1.78. The van der Waals surface area contributed by atoms with Gasteiger partial charge in [-0.15, -0.1) is 0 Å². The average Bonchev–Trinajstić information content (AvgIpc) is 2.53. The van der Waals surface area contributed by atoms with Crippen LogP contribution in [-0.2, 0) is 14.3 Å². The van der Waals surface area contributed by atoms with Crippen LogP contribution in [0.3, 0.4) is 0 Å². The second kappa shape index (κ2) is 9.64. The lowest BCUT2D eigenvalue weighted by Crippen LogP contribution is -2.32. The standard InChI is InChI=1S/C17H25FN2O2.C2H4O2/c1-17(2,3)22-16(21)15(19)12-4-5-14(18)13(10-12)11-6-8-20-9-7-11;1-2(3)4/h4-5,10-11,15,20H,6-9,19H2,1-3H3;1H3,(H,3,4). The Balaban J connectivity index is 0.000000765. The molecule has 1 aromatic rings. The molecule has 0 saturated carbocycles. The second-order valence-corrected chi connectivity index (χ2v) is 7.34. The summed E-state index contributed by atoms with van der Waals surface area (Å²) >= 11 is 0. The minimum Gasteiger partial charge on any atom is -0.481 e. The van der Waals surface area contributed by atoms with Gasteiger partial charge in [0.05, 0.1) is 0 Å². The van der Waals surface area contributed by atoms with Crippen molar-refractivity contribution >= 4 is 11.9 Å². The highest BCUT2D eigenvalue weighted by molar-refractivity contribution is 5.77. The lowest BCUT2D eigenvalue weighted by Gasteiger charge is -2.25. The van der Waals surface area contributed by atoms with Gasteiger partial charge >= 0.3 is 5.97 Å². The smallest absolute Gasteiger partial charge is 0.328 e. The SMILES string of the molecule is CC(=O)O.CC(C)(C)OC(=O)C(N)c1ccc(F)c(C2CCNCC2)c1. The lowest BCUT2D eigenvalue weighted by atomic mass is 9.88. The Labute approximate surface area is 153 Å². The minimum absolute atomic E-state index is 0.173. The van der Waals surface area contributed by atoms with Gasteiger partial charge in [-0.25, -0.2) is 9.18 Å². The van der Waals surface area contributed by atoms with Crippen molar-refractivity contribution in [1.29, 1.82) is 0 Å². The van der Waals surface area contributed by atoms with Crippen LogP contribution in [0.1, 0.15) is 63.6 Å². The number of carbonyl (C=O) groups excluding carboxylic acids is 1. The molecule has 1 fully saturated rings. The molecule has 1 aliphatic heterocycles. The first-order valence-corrected chi connectivity index (χ1v) is 8.69. The Hall–Kier alpha value is -1.99. The Bertz CT molecular complexity index is 618. The van der Waals surface area contributed by atoms with Gasteiger partial charge in [-0.05, 0) is 69.8 Å². The number of carboxylic acids is 1. The number of benzene rings is 1. The molecule has 1 saturated heterocycles. The summed E-state index contributed by atoms with van der Waals surface area (Å²) in [4.78, 5) is 21.1. The number of ether oxygens (including phenoxy) is 1. The number of nitrogens with two attached hydrogens (primary N) is 1. The number of piperidine rings is 1. The topological polar surface area (TPSA) is 102 Å². The van der Waals surface area contributed by atoms with Gasteiger partial charge in [0.25, 0.3) is 5.97 Å². The molecule has 146 valence electrons. The van der Waals surface area contributed by atoms with Crippen LogP contribution in [-0.4, -0.2) is 35.7 Å². The first-order valence-electron chi connectivity index (χ1n) is 8.69. The monoisotopic (exact) mass is 368 g/mol. The molecule has 2 rings (SSSR count). The van der Waals surface area contributed by atoms with Crippen molar-refractivity contribution in [2.24, 2.45) is 5.73 Å². The number of nitrogens with one attached hydrogen (secondary N) is 1. The zero-order valence-electron chi connectivity index (χ0n) is 15.8. The summed E-state index contributed by atoms with van der Waals surface area (Å²) in [5.41, 5.74) is 6.65. The predicted molar refractivity (Wildman–Crippen MR) is 97.3 cm³/mol. The molecule has 1 unspecified atom stereocenters. The summed E-state index contributed by atoms with van der Waals surface area (Å²) < 4.78 is 19.4. The fourth-order valence-electron chi connectivity index (χ4n) is 2.70. The van der Waals surface area contributed by atoms with Crippen LogP contribution in [0.25, 0.3) is 0 Å². The van der Waals surface area contributed by atoms with Crippen molar-refractivity contribution in [2.75, 3.05) is 13.1 Å². The summed E-state index contributed by atoms with van der Waals surface area (Å²) in [6, 6.07) is 3.80. The molecule has 0 radical (unpaired) electrons. The van der Waals surface area contributed by atoms with E-state index in [0.717, 1.165) is 32.9 Å². The molecule has 4 N–H and O–H groups in total. The molecule has 0 bridgehead atoms. The highest BCUT2D eigenvalue weighted by Crippen LogP contribution is 2.29. The van der Waals surface area contributed by atoms with Crippen LogP contribution >= 0.6 is 0 Å². The van der Waals surface area contributed by atoms with E-state index in [9.17, 15) is 9.18 Å². The number of carboxylic acid groups (broad SMARTS) is 1. The number of halogens is 1. The zero-order valence-corrected chi connectivity index (χ0v) is 15.8. The number of hydrogen-bond donors (Lipinski definition) is 3. The van der Waals surface area contributed by atoms with Gasteiger partial charge in [-0.1, -0.05) is 12.1 Å². The van der Waals surface area contributed by atoms with Crippen molar-refractivity contribution in [1.82, 2.24) is 5.32 Å². The van der Waals surface area contributed by atoms with Crippen LogP contribution in [0.4, 0.5) is 4.39 Å². The van der Waals surface area contributed by atoms with Gasteiger partial charge < -0.3 is 20.9 Å². The molecule has 6 nitrogen and oxygen atoms in total. The van der Waals surface area contributed by atoms with Crippen LogP contribution in [0.15, 0.2) is 18.2 Å². The molecule has 1 heterocycles. The summed E-state index contributed by atoms with van der Waals surface area (Å²) in [5.74, 6) is -1.38. The molecule has 0 amide bonds. The zero-order chi connectivity index (χ0) is 19.9. The van der Waals surface area contributed by atoms with Crippen molar-refractivity contribution in [3.63, 3.8) is 0 Å². The third-order valence-electron chi connectivity index (χ3n) is 3.82. The maximum atomic E-state index is 14.1. The van der Waals surface area contributed by atoms with Crippen LogP contribution < -0.4 is 11.1 Å². The van der Waals surface area contributed by atoms with Crippen molar-refractivity contribution < 1.29 is 23.8 Å². The fourth-order valence-corrected chi connectivity index (χ4v) is 2.70. The highest BCUT2D eigenvalue weighted by Gasteiger charge is 2.25. The quantitative estimate of drug-likeness (QED) is 0.709. The van der Waals surface area contributed by atoms with Crippen molar-refractivity contribution in [3.8, 4) is 0 Å². The number of esters is 1. The number of carbonyl (C=O) groups is 2. The van der Waals surface area contributed by atoms with E-state index in [2.05, 4.69) is 5.32 Å². The normalized spacial score (nSPS) is 16.2. The molecule has 0 spiro atoms. The molecular weight excluding hydrogens is 339 g/mol. The highest BCUT2D eigenvalue weighted by atomic mass is 19.1. The molecule has 26 heavy (non-hydrogen) atoms. The molecular formula is C19H29FN2O4. The molecule has 0 aromatic heterocycles. The molecule has 7 heteroatoms. The Kier molecular flexibility index (Phi) is 8.17. The van der Waals surface area contributed by atoms with Crippen LogP contribution in [0, 0.1) is 5.82 Å². The van der Waals surface area contributed by atoms with Crippen LogP contribution in [0.5, 0.6) is 0 Å². The Morgan fingerprint density at radius 2 is 1.85 bits per heavy atom. The first-order chi connectivity index (χ1) is 12.0. The van der Waals surface area contributed by atoms with Gasteiger partial charge in [0.15, 0.2) is 0 Å². The number of rotatable bonds is 3. The number of hydrogen-bond acceptors (Lipinski definition) is 5. The van der Waals surface area contributed by atoms with E-state index in [1.807, 2.05) is 0 Å². The van der Waals surface area contributed by atoms with E-state index in [1.54, 1.807) is 32.9 Å².